The van der Waals surface area contributed by atoms with Crippen LogP contribution >= 0.6 is 11.3 Å². The van der Waals surface area contributed by atoms with Crippen LogP contribution in [0.25, 0.3) is 21.3 Å². The number of aromatic nitrogens is 5. The maximum Gasteiger partial charge on any atom is 0.257 e. The molecule has 10 nitrogen and oxygen atoms in total. The molecule has 0 aliphatic carbocycles. The summed E-state index contributed by atoms with van der Waals surface area (Å²) in [6.07, 6.45) is 4.44. The second-order valence-corrected chi connectivity index (χ2v) is 8.27. The molecule has 4 rings (SSSR count). The fourth-order valence-electron chi connectivity index (χ4n) is 3.05. The Balaban J connectivity index is 1.75. The van der Waals surface area contributed by atoms with Crippen molar-refractivity contribution in [2.24, 2.45) is 0 Å². The summed E-state index contributed by atoms with van der Waals surface area (Å²) in [5.74, 6) is 1.18. The molecule has 154 valence electrons. The van der Waals surface area contributed by atoms with Crippen molar-refractivity contribution in [1.82, 2.24) is 25.1 Å². The third-order valence-corrected chi connectivity index (χ3v) is 6.06. The van der Waals surface area contributed by atoms with Crippen molar-refractivity contribution in [3.8, 4) is 21.3 Å². The number of thiazole rings is 1. The van der Waals surface area contributed by atoms with Crippen molar-refractivity contribution in [2.45, 2.75) is 26.0 Å². The van der Waals surface area contributed by atoms with E-state index in [4.69, 9.17) is 13.9 Å². The second-order valence-electron chi connectivity index (χ2n) is 6.58. The van der Waals surface area contributed by atoms with Crippen LogP contribution in [0.4, 0.5) is 5.82 Å². The lowest BCUT2D eigenvalue weighted by atomic mass is 10.2. The van der Waals surface area contributed by atoms with Crippen LogP contribution in [0.2, 0.25) is 0 Å². The lowest BCUT2D eigenvalue weighted by Crippen LogP contribution is -2.44. The molecule has 0 bridgehead atoms. The first kappa shape index (κ1) is 19.9. The smallest absolute Gasteiger partial charge is 0.257 e. The normalized spacial score (nSPS) is 18.3. The van der Waals surface area contributed by atoms with Gasteiger partial charge in [-0.15, -0.1) is 11.3 Å². The summed E-state index contributed by atoms with van der Waals surface area (Å²) in [6.45, 7) is 5.58. The van der Waals surface area contributed by atoms with Gasteiger partial charge in [-0.3, -0.25) is 9.28 Å². The average molecular weight is 437 g/mol. The number of anilines is 1. The Morgan fingerprint density at radius 3 is 2.97 bits per heavy atom. The van der Waals surface area contributed by atoms with E-state index in [-0.39, 0.29) is 6.04 Å². The van der Waals surface area contributed by atoms with Gasteiger partial charge in [0, 0.05) is 30.6 Å². The molecule has 3 aromatic heterocycles. The highest BCUT2D eigenvalue weighted by molar-refractivity contribution is 7.67. The molecule has 1 saturated heterocycles. The summed E-state index contributed by atoms with van der Waals surface area (Å²) < 4.78 is 32.6. The zero-order valence-corrected chi connectivity index (χ0v) is 17.5. The molecule has 1 N–H and O–H groups in total. The van der Waals surface area contributed by atoms with E-state index in [2.05, 4.69) is 32.0 Å². The number of hydrogen-bond acceptors (Lipinski definition) is 10. The van der Waals surface area contributed by atoms with Crippen molar-refractivity contribution in [3.63, 3.8) is 0 Å². The molecule has 0 amide bonds. The molecule has 0 spiro atoms. The highest BCUT2D eigenvalue weighted by atomic mass is 32.2. The van der Waals surface area contributed by atoms with E-state index in [9.17, 15) is 8.42 Å². The third-order valence-electron chi connectivity index (χ3n) is 4.53. The second kappa shape index (κ2) is 8.53. The molecule has 0 saturated carbocycles. The van der Waals surface area contributed by atoms with Crippen LogP contribution < -0.4 is 4.90 Å². The number of nitrogens with zero attached hydrogens (tertiary/aromatic N) is 5. The predicted octanol–water partition coefficient (Wildman–Crippen LogP) is 1.82. The fraction of sp³-hybridized carbons (Fsp3) is 0.412. The molecular formula is C17H20N6O4S2. The molecule has 12 heteroatoms. The summed E-state index contributed by atoms with van der Waals surface area (Å²) in [4.78, 5) is 16.6. The molecule has 0 radical (unpaired) electrons. The standard InChI is InChI=1S/C17H20N6O4S2/c1-10-9-26-4-3-23(10)15-5-13(11(2)27-29(24)25)21-16(22-15)14-8-18-17(28-14)12-6-19-20-7-12/h5-8,10-11,29H,3-4,9H2,1-2H3,(H,19,20)/t10-,11?/m0/s1. The largest absolute Gasteiger partial charge is 0.377 e. The van der Waals surface area contributed by atoms with E-state index in [1.807, 2.05) is 0 Å². The Morgan fingerprint density at radius 2 is 2.24 bits per heavy atom. The van der Waals surface area contributed by atoms with E-state index < -0.39 is 17.1 Å². The number of hydrogen-bond donors (Lipinski definition) is 2. The Labute approximate surface area is 173 Å². The van der Waals surface area contributed by atoms with Crippen molar-refractivity contribution >= 4 is 28.1 Å². The Bertz CT molecular complexity index is 1040. The minimum atomic E-state index is -3.00. The van der Waals surface area contributed by atoms with Crippen LogP contribution in [0, 0.1) is 0 Å². The van der Waals surface area contributed by atoms with E-state index in [0.717, 1.165) is 15.4 Å². The molecule has 1 aliphatic rings. The zero-order chi connectivity index (χ0) is 20.4. The number of nitrogens with one attached hydrogen (secondary N) is 1. The molecule has 2 atom stereocenters. The number of rotatable bonds is 6. The van der Waals surface area contributed by atoms with Crippen molar-refractivity contribution < 1.29 is 17.3 Å². The molecule has 4 heterocycles. The first-order valence-corrected chi connectivity index (χ1v) is 10.9. The van der Waals surface area contributed by atoms with Gasteiger partial charge in [0.2, 0.25) is 0 Å². The van der Waals surface area contributed by atoms with Crippen LogP contribution in [0.1, 0.15) is 25.6 Å². The number of H-pyrrole nitrogens is 1. The zero-order valence-electron chi connectivity index (χ0n) is 15.8. The van der Waals surface area contributed by atoms with Gasteiger partial charge in [0.15, 0.2) is 5.82 Å². The van der Waals surface area contributed by atoms with E-state index >= 15 is 0 Å². The van der Waals surface area contributed by atoms with E-state index in [1.54, 1.807) is 31.6 Å². The number of morpholine rings is 1. The summed E-state index contributed by atoms with van der Waals surface area (Å²) in [5.41, 5.74) is 1.36. The number of thiol groups is 1. The van der Waals surface area contributed by atoms with E-state index in [1.165, 1.54) is 11.3 Å². The van der Waals surface area contributed by atoms with Gasteiger partial charge in [-0.2, -0.15) is 5.10 Å². The quantitative estimate of drug-likeness (QED) is 0.557. The molecule has 1 fully saturated rings. The number of aromatic amines is 1. The van der Waals surface area contributed by atoms with Crippen LogP contribution in [0.3, 0.4) is 0 Å². The Hall–Kier alpha value is -2.41. The van der Waals surface area contributed by atoms with Crippen LogP contribution in [-0.2, 0) is 19.9 Å². The first-order valence-electron chi connectivity index (χ1n) is 9.01. The van der Waals surface area contributed by atoms with Crippen molar-refractivity contribution in [2.75, 3.05) is 24.7 Å². The maximum atomic E-state index is 11.0. The van der Waals surface area contributed by atoms with Crippen molar-refractivity contribution in [1.29, 1.82) is 0 Å². The van der Waals surface area contributed by atoms with Crippen LogP contribution in [0.15, 0.2) is 24.7 Å². The fourth-order valence-corrected chi connectivity index (χ4v) is 4.24. The summed E-state index contributed by atoms with van der Waals surface area (Å²) >= 11 is 1.43. The van der Waals surface area contributed by atoms with Gasteiger partial charge in [0.05, 0.1) is 36.0 Å². The summed E-state index contributed by atoms with van der Waals surface area (Å²) in [5, 5.41) is 7.50. The Morgan fingerprint density at radius 1 is 1.38 bits per heavy atom. The summed E-state index contributed by atoms with van der Waals surface area (Å²) in [7, 11) is -3.00. The molecular weight excluding hydrogens is 416 g/mol. The summed E-state index contributed by atoms with van der Waals surface area (Å²) in [6, 6.07) is 1.90. The van der Waals surface area contributed by atoms with Gasteiger partial charge in [-0.25, -0.2) is 23.4 Å². The van der Waals surface area contributed by atoms with Crippen LogP contribution in [0.5, 0.6) is 0 Å². The molecule has 3 aromatic rings. The first-order chi connectivity index (χ1) is 14.0. The average Bonchev–Trinajstić information content (AvgIpc) is 3.39. The highest BCUT2D eigenvalue weighted by Gasteiger charge is 2.24. The minimum Gasteiger partial charge on any atom is -0.377 e. The topological polar surface area (TPSA) is 123 Å². The highest BCUT2D eigenvalue weighted by Crippen LogP contribution is 2.32. The van der Waals surface area contributed by atoms with Gasteiger partial charge in [-0.1, -0.05) is 0 Å². The molecule has 1 aliphatic heterocycles. The Kier molecular flexibility index (Phi) is 5.85. The molecule has 1 unspecified atom stereocenters. The SMILES string of the molecule is CC(O[SH](=O)=O)c1cc(N2CCOC[C@@H]2C)nc(-c2cnc(-c3cn[nH]c3)s2)n1. The monoisotopic (exact) mass is 436 g/mol. The lowest BCUT2D eigenvalue weighted by molar-refractivity contribution is 0.0985. The van der Waals surface area contributed by atoms with Gasteiger partial charge in [0.25, 0.3) is 11.0 Å². The van der Waals surface area contributed by atoms with Gasteiger partial charge in [0.1, 0.15) is 16.9 Å². The molecule has 29 heavy (non-hydrogen) atoms. The van der Waals surface area contributed by atoms with E-state index in [0.29, 0.717) is 37.1 Å². The maximum absolute atomic E-state index is 11.0. The van der Waals surface area contributed by atoms with Gasteiger partial charge in [-0.05, 0) is 13.8 Å². The van der Waals surface area contributed by atoms with Crippen molar-refractivity contribution in [3.05, 3.63) is 30.4 Å². The third kappa shape index (κ3) is 4.45. The van der Waals surface area contributed by atoms with Gasteiger partial charge >= 0.3 is 0 Å². The van der Waals surface area contributed by atoms with Crippen LogP contribution in [-0.4, -0.2) is 59.4 Å². The minimum absolute atomic E-state index is 0.134. The number of ether oxygens (including phenoxy) is 1. The molecule has 0 aromatic carbocycles. The lowest BCUT2D eigenvalue weighted by Gasteiger charge is -2.34. The van der Waals surface area contributed by atoms with Gasteiger partial charge < -0.3 is 9.64 Å². The predicted molar refractivity (Wildman–Crippen MR) is 108 cm³/mol.